The summed E-state index contributed by atoms with van der Waals surface area (Å²) in [6.07, 6.45) is 13.6. The molecule has 0 amide bonds. The molecule has 1 N–H and O–H groups in total. The van der Waals surface area contributed by atoms with Gasteiger partial charge in [-0.15, -0.1) is 0 Å². The first-order chi connectivity index (χ1) is 11.8. The molecular formula is C23H34O. The number of aromatic hydroxyl groups is 1. The number of unbranched alkanes of at least 4 members (excludes halogenated alkanes) is 7. The fraction of sp³-hybridized carbons (Fsp3) is 0.565. The fourth-order valence-electron chi connectivity index (χ4n) is 3.58. The highest BCUT2D eigenvalue weighted by atomic mass is 16.3. The smallest absolute Gasteiger partial charge is 0.126 e. The van der Waals surface area contributed by atoms with Crippen molar-refractivity contribution < 1.29 is 5.11 Å². The summed E-state index contributed by atoms with van der Waals surface area (Å²) in [7, 11) is 0. The molecule has 0 saturated heterocycles. The number of fused-ring (bicyclic) bond motifs is 1. The van der Waals surface area contributed by atoms with Crippen LogP contribution in [0.1, 0.15) is 82.8 Å². The Bertz CT molecular complexity index is 615. The van der Waals surface area contributed by atoms with Gasteiger partial charge in [0.15, 0.2) is 0 Å². The lowest BCUT2D eigenvalue weighted by molar-refractivity contribution is 0.471. The van der Waals surface area contributed by atoms with Gasteiger partial charge in [0.2, 0.25) is 0 Å². The Kier molecular flexibility index (Phi) is 8.15. The average molecular weight is 327 g/mol. The third kappa shape index (κ3) is 5.26. The largest absolute Gasteiger partial charge is 0.507 e. The van der Waals surface area contributed by atoms with Crippen molar-refractivity contribution in [2.45, 2.75) is 84.5 Å². The van der Waals surface area contributed by atoms with Crippen LogP contribution in [-0.4, -0.2) is 5.11 Å². The van der Waals surface area contributed by atoms with Crippen LogP contribution >= 0.6 is 0 Å². The number of phenols is 1. The highest BCUT2D eigenvalue weighted by molar-refractivity contribution is 5.90. The van der Waals surface area contributed by atoms with Gasteiger partial charge in [-0.1, -0.05) is 89.1 Å². The van der Waals surface area contributed by atoms with Crippen LogP contribution < -0.4 is 0 Å². The molecule has 0 aliphatic rings. The topological polar surface area (TPSA) is 20.2 Å². The van der Waals surface area contributed by atoms with Crippen LogP contribution in [0, 0.1) is 0 Å². The summed E-state index contributed by atoms with van der Waals surface area (Å²) in [6.45, 7) is 4.51. The number of hydrogen-bond donors (Lipinski definition) is 1. The minimum atomic E-state index is 0.536. The van der Waals surface area contributed by atoms with Crippen molar-refractivity contribution in [1.29, 1.82) is 0 Å². The van der Waals surface area contributed by atoms with Gasteiger partial charge in [-0.25, -0.2) is 0 Å². The molecule has 2 aromatic carbocycles. The maximum atomic E-state index is 10.8. The van der Waals surface area contributed by atoms with Crippen LogP contribution in [0.4, 0.5) is 0 Å². The fourth-order valence-corrected chi connectivity index (χ4v) is 3.58. The number of aryl methyl sites for hydroxylation is 1. The maximum Gasteiger partial charge on any atom is 0.126 e. The van der Waals surface area contributed by atoms with Crippen molar-refractivity contribution in [3.63, 3.8) is 0 Å². The van der Waals surface area contributed by atoms with Gasteiger partial charge in [-0.3, -0.25) is 0 Å². The van der Waals surface area contributed by atoms with Crippen LogP contribution in [0.15, 0.2) is 30.3 Å². The molecule has 2 rings (SSSR count). The molecule has 0 aromatic heterocycles. The second kappa shape index (κ2) is 10.4. The van der Waals surface area contributed by atoms with Crippen LogP contribution in [0.2, 0.25) is 0 Å². The van der Waals surface area contributed by atoms with Gasteiger partial charge in [0.1, 0.15) is 5.75 Å². The highest BCUT2D eigenvalue weighted by Crippen LogP contribution is 2.34. The normalized spacial score (nSPS) is 11.2. The van der Waals surface area contributed by atoms with Crippen molar-refractivity contribution in [3.8, 4) is 5.75 Å². The van der Waals surface area contributed by atoms with Gasteiger partial charge in [0.05, 0.1) is 0 Å². The molecule has 0 aliphatic carbocycles. The van der Waals surface area contributed by atoms with E-state index < -0.39 is 0 Å². The van der Waals surface area contributed by atoms with E-state index >= 15 is 0 Å². The Morgan fingerprint density at radius 1 is 0.750 bits per heavy atom. The molecule has 2 aromatic rings. The van der Waals surface area contributed by atoms with Crippen molar-refractivity contribution in [2.75, 3.05) is 0 Å². The average Bonchev–Trinajstić information content (AvgIpc) is 2.60. The van der Waals surface area contributed by atoms with Gasteiger partial charge < -0.3 is 5.11 Å². The Morgan fingerprint density at radius 3 is 2.12 bits per heavy atom. The van der Waals surface area contributed by atoms with Crippen molar-refractivity contribution in [1.82, 2.24) is 0 Å². The standard InChI is InChI=1S/C23H34O/c1-3-5-7-9-11-16-21-19(14-10-8-6-4-2)18-20-15-12-13-17-22(20)23(21)24/h12-13,15,17-18,24H,3-11,14,16H2,1-2H3. The van der Waals surface area contributed by atoms with E-state index in [1.807, 2.05) is 12.1 Å². The first kappa shape index (κ1) is 18.8. The minimum absolute atomic E-state index is 0.536. The maximum absolute atomic E-state index is 10.8. The Morgan fingerprint density at radius 2 is 1.38 bits per heavy atom. The number of rotatable bonds is 11. The van der Waals surface area contributed by atoms with E-state index in [4.69, 9.17) is 0 Å². The van der Waals surface area contributed by atoms with Crippen molar-refractivity contribution in [2.24, 2.45) is 0 Å². The van der Waals surface area contributed by atoms with Gasteiger partial charge in [-0.05, 0) is 42.2 Å². The van der Waals surface area contributed by atoms with Gasteiger partial charge in [0, 0.05) is 5.39 Å². The lowest BCUT2D eigenvalue weighted by Crippen LogP contribution is -1.98. The van der Waals surface area contributed by atoms with E-state index in [1.165, 1.54) is 74.3 Å². The Balaban J connectivity index is 2.15. The number of hydrogen-bond acceptors (Lipinski definition) is 1. The lowest BCUT2D eigenvalue weighted by atomic mass is 9.92. The molecular weight excluding hydrogens is 292 g/mol. The second-order valence-corrected chi connectivity index (χ2v) is 7.06. The van der Waals surface area contributed by atoms with Crippen molar-refractivity contribution >= 4 is 10.8 Å². The monoisotopic (exact) mass is 326 g/mol. The summed E-state index contributed by atoms with van der Waals surface area (Å²) in [5.41, 5.74) is 2.58. The van der Waals surface area contributed by atoms with Crippen LogP contribution in [-0.2, 0) is 12.8 Å². The zero-order valence-corrected chi connectivity index (χ0v) is 15.6. The summed E-state index contributed by atoms with van der Waals surface area (Å²) >= 11 is 0. The first-order valence-electron chi connectivity index (χ1n) is 10.00. The zero-order valence-electron chi connectivity index (χ0n) is 15.6. The molecule has 0 fully saturated rings. The summed E-state index contributed by atoms with van der Waals surface area (Å²) in [5.74, 6) is 0.536. The molecule has 132 valence electrons. The third-order valence-electron chi connectivity index (χ3n) is 5.05. The SMILES string of the molecule is CCCCCCCc1c(CCCCCC)cc2ccccc2c1O. The molecule has 0 bridgehead atoms. The summed E-state index contributed by atoms with van der Waals surface area (Å²) in [4.78, 5) is 0. The zero-order chi connectivity index (χ0) is 17.2. The predicted molar refractivity (Wildman–Crippen MR) is 106 cm³/mol. The molecule has 0 saturated carbocycles. The van der Waals surface area contributed by atoms with Crippen molar-refractivity contribution in [3.05, 3.63) is 41.5 Å². The van der Waals surface area contributed by atoms with E-state index in [0.717, 1.165) is 18.2 Å². The lowest BCUT2D eigenvalue weighted by Gasteiger charge is -2.15. The van der Waals surface area contributed by atoms with Crippen LogP contribution in [0.3, 0.4) is 0 Å². The predicted octanol–water partition coefficient (Wildman–Crippen LogP) is 7.18. The minimum Gasteiger partial charge on any atom is -0.507 e. The summed E-state index contributed by atoms with van der Waals surface area (Å²) in [5, 5.41) is 13.0. The van der Waals surface area contributed by atoms with E-state index in [-0.39, 0.29) is 0 Å². The molecule has 1 nitrogen and oxygen atoms in total. The molecule has 0 radical (unpaired) electrons. The van der Waals surface area contributed by atoms with Crippen LogP contribution in [0.25, 0.3) is 10.8 Å². The second-order valence-electron chi connectivity index (χ2n) is 7.06. The van der Waals surface area contributed by atoms with Gasteiger partial charge >= 0.3 is 0 Å². The molecule has 0 aliphatic heterocycles. The molecule has 0 heterocycles. The molecule has 24 heavy (non-hydrogen) atoms. The summed E-state index contributed by atoms with van der Waals surface area (Å²) < 4.78 is 0. The summed E-state index contributed by atoms with van der Waals surface area (Å²) in [6, 6.07) is 10.6. The number of benzene rings is 2. The molecule has 0 unspecified atom stereocenters. The highest BCUT2D eigenvalue weighted by Gasteiger charge is 2.12. The third-order valence-corrected chi connectivity index (χ3v) is 5.05. The van der Waals surface area contributed by atoms with E-state index in [1.54, 1.807) is 0 Å². The molecule has 0 atom stereocenters. The van der Waals surface area contributed by atoms with E-state index in [0.29, 0.717) is 5.75 Å². The number of phenolic OH excluding ortho intramolecular Hbond substituents is 1. The Labute approximate surface area is 148 Å². The quantitative estimate of drug-likeness (QED) is 0.433. The molecule has 1 heteroatoms. The Hall–Kier alpha value is -1.50. The van der Waals surface area contributed by atoms with Gasteiger partial charge in [0.25, 0.3) is 0 Å². The first-order valence-corrected chi connectivity index (χ1v) is 10.00. The van der Waals surface area contributed by atoms with E-state index in [2.05, 4.69) is 32.0 Å². The van der Waals surface area contributed by atoms with Crippen LogP contribution in [0.5, 0.6) is 5.75 Å². The van der Waals surface area contributed by atoms with E-state index in [9.17, 15) is 5.11 Å². The van der Waals surface area contributed by atoms with Gasteiger partial charge in [-0.2, -0.15) is 0 Å². The molecule has 0 spiro atoms.